The summed E-state index contributed by atoms with van der Waals surface area (Å²) in [5.74, 6) is 1.83. The Bertz CT molecular complexity index is 1120. The molecule has 6 rings (SSSR count). The van der Waals surface area contributed by atoms with E-state index in [-0.39, 0.29) is 22.6 Å². The lowest BCUT2D eigenvalue weighted by Crippen LogP contribution is -2.52. The third-order valence-corrected chi connectivity index (χ3v) is 9.90. The smallest absolute Gasteiger partial charge is 0.159 e. The van der Waals surface area contributed by atoms with Gasteiger partial charge in [-0.05, 0) is 92.1 Å². The maximum absolute atomic E-state index is 12.2. The van der Waals surface area contributed by atoms with Crippen molar-refractivity contribution in [2.45, 2.75) is 76.7 Å². The standard InChI is InChI=1S/C30H34O3/c1-18-13-15-33-30(18)14-12-27-25-10-8-22-16-23(32)9-11-24(22)28(25)26(17-29(27,30)3)21-6-4-20(5-7-21)19(2)31/h4-7,16,25-27H,1,8-15,17H2,2-3H3/t25?,26-,27+,29-,30-/m1/s1. The summed E-state index contributed by atoms with van der Waals surface area (Å²) in [6.07, 6.45) is 9.92. The molecule has 0 bridgehead atoms. The second-order valence-electron chi connectivity index (χ2n) is 11.2. The van der Waals surface area contributed by atoms with Crippen molar-refractivity contribution < 1.29 is 14.3 Å². The molecule has 1 heterocycles. The summed E-state index contributed by atoms with van der Waals surface area (Å²) in [4.78, 5) is 24.1. The van der Waals surface area contributed by atoms with Crippen LogP contribution in [0.1, 0.15) is 87.1 Å². The molecule has 1 spiro atoms. The highest BCUT2D eigenvalue weighted by atomic mass is 16.5. The van der Waals surface area contributed by atoms with Gasteiger partial charge < -0.3 is 4.74 Å². The van der Waals surface area contributed by atoms with E-state index in [4.69, 9.17) is 4.74 Å². The number of hydrogen-bond acceptors (Lipinski definition) is 3. The molecule has 0 radical (unpaired) electrons. The molecule has 0 N–H and O–H groups in total. The molecular weight excluding hydrogens is 408 g/mol. The Balaban J connectivity index is 1.52. The van der Waals surface area contributed by atoms with Gasteiger partial charge in [0.05, 0.1) is 12.2 Å². The number of ether oxygens (including phenoxy) is 1. The number of rotatable bonds is 2. The maximum atomic E-state index is 12.2. The molecule has 5 atom stereocenters. The molecule has 4 aliphatic carbocycles. The van der Waals surface area contributed by atoms with Crippen LogP contribution in [0.2, 0.25) is 0 Å². The van der Waals surface area contributed by atoms with Crippen LogP contribution in [0.15, 0.2) is 59.2 Å². The predicted octanol–water partition coefficient (Wildman–Crippen LogP) is 6.50. The van der Waals surface area contributed by atoms with Gasteiger partial charge in [0.25, 0.3) is 0 Å². The van der Waals surface area contributed by atoms with Crippen molar-refractivity contribution in [3.8, 4) is 0 Å². The molecule has 1 aromatic carbocycles. The van der Waals surface area contributed by atoms with Gasteiger partial charge in [0.1, 0.15) is 0 Å². The maximum Gasteiger partial charge on any atom is 0.159 e. The second-order valence-corrected chi connectivity index (χ2v) is 11.2. The average molecular weight is 443 g/mol. The van der Waals surface area contributed by atoms with Crippen molar-refractivity contribution in [3.05, 3.63) is 70.3 Å². The molecule has 1 saturated heterocycles. The second kappa shape index (κ2) is 7.37. The van der Waals surface area contributed by atoms with Crippen LogP contribution < -0.4 is 0 Å². The first-order valence-electron chi connectivity index (χ1n) is 12.7. The van der Waals surface area contributed by atoms with Crippen LogP contribution in [0.3, 0.4) is 0 Å². The fourth-order valence-electron chi connectivity index (χ4n) is 8.37. The molecule has 3 heteroatoms. The van der Waals surface area contributed by atoms with Crippen LogP contribution in [0.5, 0.6) is 0 Å². The molecule has 2 saturated carbocycles. The molecule has 3 fully saturated rings. The molecule has 0 aromatic heterocycles. The van der Waals surface area contributed by atoms with Crippen LogP contribution in [0, 0.1) is 17.3 Å². The van der Waals surface area contributed by atoms with E-state index in [1.807, 2.05) is 18.2 Å². The van der Waals surface area contributed by atoms with Gasteiger partial charge in [0.15, 0.2) is 11.6 Å². The van der Waals surface area contributed by atoms with E-state index < -0.39 is 0 Å². The molecule has 5 aliphatic rings. The van der Waals surface area contributed by atoms with Gasteiger partial charge in [0.2, 0.25) is 0 Å². The Labute approximate surface area is 197 Å². The molecule has 1 aromatic rings. The molecule has 172 valence electrons. The molecule has 3 nitrogen and oxygen atoms in total. The van der Waals surface area contributed by atoms with Gasteiger partial charge in [-0.2, -0.15) is 0 Å². The normalized spacial score (nSPS) is 37.6. The van der Waals surface area contributed by atoms with Gasteiger partial charge in [-0.1, -0.05) is 43.3 Å². The first-order valence-corrected chi connectivity index (χ1v) is 12.7. The predicted molar refractivity (Wildman–Crippen MR) is 129 cm³/mol. The van der Waals surface area contributed by atoms with E-state index in [0.29, 0.717) is 24.2 Å². The van der Waals surface area contributed by atoms with Crippen molar-refractivity contribution in [1.82, 2.24) is 0 Å². The van der Waals surface area contributed by atoms with Crippen LogP contribution in [0.25, 0.3) is 0 Å². The largest absolute Gasteiger partial charge is 0.370 e. The highest BCUT2D eigenvalue weighted by molar-refractivity contribution is 5.94. The zero-order valence-corrected chi connectivity index (χ0v) is 19.9. The van der Waals surface area contributed by atoms with Crippen LogP contribution >= 0.6 is 0 Å². The molecule has 1 unspecified atom stereocenters. The van der Waals surface area contributed by atoms with E-state index in [2.05, 4.69) is 25.6 Å². The lowest BCUT2D eigenvalue weighted by Gasteiger charge is -2.55. The molecule has 1 aliphatic heterocycles. The number of ketones is 2. The van der Waals surface area contributed by atoms with Gasteiger partial charge in [0, 0.05) is 23.3 Å². The third-order valence-electron chi connectivity index (χ3n) is 9.90. The Kier molecular flexibility index (Phi) is 4.75. The summed E-state index contributed by atoms with van der Waals surface area (Å²) in [5.41, 5.74) is 7.60. The minimum atomic E-state index is -0.190. The zero-order valence-electron chi connectivity index (χ0n) is 19.9. The number of hydrogen-bond donors (Lipinski definition) is 0. The molecular formula is C30H34O3. The SMILES string of the molecule is C=C1CCO[C@]12CC[C@H]1C3CCC4=CC(=O)CCC4=C3[C@@H](c3ccc(C(C)=O)cc3)C[C@]12C. The highest BCUT2D eigenvalue weighted by Gasteiger charge is 2.65. The van der Waals surface area contributed by atoms with E-state index in [1.54, 1.807) is 12.5 Å². The lowest BCUT2D eigenvalue weighted by molar-refractivity contribution is -0.114. The number of fused-ring (bicyclic) bond motifs is 5. The van der Waals surface area contributed by atoms with E-state index in [9.17, 15) is 9.59 Å². The monoisotopic (exact) mass is 442 g/mol. The average Bonchev–Trinajstić information content (AvgIpc) is 3.33. The lowest BCUT2D eigenvalue weighted by atomic mass is 9.50. The first kappa shape index (κ1) is 21.3. The summed E-state index contributed by atoms with van der Waals surface area (Å²) in [5, 5.41) is 0. The summed E-state index contributed by atoms with van der Waals surface area (Å²) >= 11 is 0. The van der Waals surface area contributed by atoms with E-state index in [1.165, 1.54) is 28.7 Å². The molecule has 0 amide bonds. The summed E-state index contributed by atoms with van der Waals surface area (Å²) in [6, 6.07) is 8.33. The Hall–Kier alpha value is -2.26. The van der Waals surface area contributed by atoms with Crippen molar-refractivity contribution in [3.63, 3.8) is 0 Å². The summed E-state index contributed by atoms with van der Waals surface area (Å²) in [7, 11) is 0. The highest BCUT2D eigenvalue weighted by Crippen LogP contribution is 2.70. The number of Topliss-reactive ketones (excluding diaryl/α,β-unsaturated/α-hetero) is 1. The summed E-state index contributed by atoms with van der Waals surface area (Å²) < 4.78 is 6.61. The van der Waals surface area contributed by atoms with Crippen LogP contribution in [0.4, 0.5) is 0 Å². The quantitative estimate of drug-likeness (QED) is 0.388. The van der Waals surface area contributed by atoms with Crippen molar-refractivity contribution in [2.75, 3.05) is 6.61 Å². The fraction of sp³-hybridized carbons (Fsp3) is 0.533. The number of carbonyl (C=O) groups excluding carboxylic acids is 2. The minimum Gasteiger partial charge on any atom is -0.370 e. The fourth-order valence-corrected chi connectivity index (χ4v) is 8.37. The van der Waals surface area contributed by atoms with Crippen molar-refractivity contribution in [1.29, 1.82) is 0 Å². The Morgan fingerprint density at radius 2 is 1.88 bits per heavy atom. The first-order chi connectivity index (χ1) is 15.8. The van der Waals surface area contributed by atoms with Gasteiger partial charge in [-0.3, -0.25) is 9.59 Å². The van der Waals surface area contributed by atoms with Gasteiger partial charge in [-0.25, -0.2) is 0 Å². The number of carbonyl (C=O) groups is 2. The van der Waals surface area contributed by atoms with Crippen LogP contribution in [-0.4, -0.2) is 23.8 Å². The number of benzene rings is 1. The van der Waals surface area contributed by atoms with E-state index in [0.717, 1.165) is 50.7 Å². The number of allylic oxidation sites excluding steroid dienone is 4. The summed E-state index contributed by atoms with van der Waals surface area (Å²) in [6.45, 7) is 9.42. The Morgan fingerprint density at radius 3 is 2.58 bits per heavy atom. The van der Waals surface area contributed by atoms with Crippen LogP contribution in [-0.2, 0) is 9.53 Å². The molecule has 33 heavy (non-hydrogen) atoms. The zero-order chi connectivity index (χ0) is 23.0. The van der Waals surface area contributed by atoms with E-state index >= 15 is 0 Å². The minimum absolute atomic E-state index is 0.0604. The third kappa shape index (κ3) is 2.91. The van der Waals surface area contributed by atoms with Crippen molar-refractivity contribution >= 4 is 11.6 Å². The van der Waals surface area contributed by atoms with Gasteiger partial charge in [-0.15, -0.1) is 0 Å². The van der Waals surface area contributed by atoms with Crippen molar-refractivity contribution in [2.24, 2.45) is 17.3 Å². The topological polar surface area (TPSA) is 43.4 Å². The Morgan fingerprint density at radius 1 is 1.09 bits per heavy atom. The van der Waals surface area contributed by atoms with Gasteiger partial charge >= 0.3 is 0 Å².